The number of amides is 1. The van der Waals surface area contributed by atoms with Crippen molar-refractivity contribution in [1.82, 2.24) is 5.32 Å². The molecule has 2 heterocycles. The van der Waals surface area contributed by atoms with E-state index >= 15 is 0 Å². The van der Waals surface area contributed by atoms with Crippen molar-refractivity contribution in [3.8, 4) is 5.75 Å². The van der Waals surface area contributed by atoms with E-state index in [-0.39, 0.29) is 17.3 Å². The molecule has 1 N–H and O–H groups in total. The first-order valence-corrected chi connectivity index (χ1v) is 8.70. The molecule has 0 bridgehead atoms. The molecule has 0 atom stereocenters. The summed E-state index contributed by atoms with van der Waals surface area (Å²) in [7, 11) is 0. The van der Waals surface area contributed by atoms with Gasteiger partial charge in [-0.05, 0) is 47.2 Å². The Morgan fingerprint density at radius 3 is 2.96 bits per heavy atom. The number of carbonyl (C=O) groups is 1. The van der Waals surface area contributed by atoms with E-state index in [1.54, 1.807) is 24.3 Å². The number of benzene rings is 2. The predicted molar refractivity (Wildman–Crippen MR) is 99.5 cm³/mol. The lowest BCUT2D eigenvalue weighted by atomic mass is 10.1. The van der Waals surface area contributed by atoms with Crippen molar-refractivity contribution >= 4 is 40.3 Å². The Morgan fingerprint density at radius 2 is 2.12 bits per heavy atom. The number of rotatable bonds is 3. The SMILES string of the molecule is O=C1N/C(=N/c2ccccc2[N+](=O)[O-])S/C1=C\c1ccc2c(c1)CCO2. The molecular weight excluding hydrogens is 354 g/mol. The number of amidine groups is 1. The van der Waals surface area contributed by atoms with Gasteiger partial charge in [0.2, 0.25) is 0 Å². The molecule has 0 spiro atoms. The standard InChI is InChI=1S/C18H13N3O4S/c22-17-16(10-11-5-6-15-12(9-11)7-8-25-15)26-18(20-17)19-13-3-1-2-4-14(13)21(23)24/h1-6,9-10H,7-8H2,(H,19,20,22)/b16-10-. The summed E-state index contributed by atoms with van der Waals surface area (Å²) < 4.78 is 5.48. The fourth-order valence-corrected chi connectivity index (χ4v) is 3.59. The number of nitrogens with one attached hydrogen (secondary N) is 1. The van der Waals surface area contributed by atoms with Crippen LogP contribution in [-0.4, -0.2) is 22.6 Å². The molecule has 1 amide bonds. The zero-order valence-electron chi connectivity index (χ0n) is 13.5. The zero-order valence-corrected chi connectivity index (χ0v) is 14.3. The second-order valence-electron chi connectivity index (χ2n) is 5.69. The van der Waals surface area contributed by atoms with Crippen molar-refractivity contribution in [2.24, 2.45) is 4.99 Å². The van der Waals surface area contributed by atoms with E-state index < -0.39 is 4.92 Å². The number of carbonyl (C=O) groups excluding carboxylic acids is 1. The fourth-order valence-electron chi connectivity index (χ4n) is 2.75. The van der Waals surface area contributed by atoms with E-state index in [1.165, 1.54) is 6.07 Å². The van der Waals surface area contributed by atoms with Crippen molar-refractivity contribution in [3.05, 3.63) is 68.6 Å². The van der Waals surface area contributed by atoms with Gasteiger partial charge in [0.1, 0.15) is 11.4 Å². The van der Waals surface area contributed by atoms with Crippen LogP contribution in [0.4, 0.5) is 11.4 Å². The average molecular weight is 367 g/mol. The second-order valence-corrected chi connectivity index (χ2v) is 6.72. The molecule has 8 heteroatoms. The number of thioether (sulfide) groups is 1. The van der Waals surface area contributed by atoms with Crippen LogP contribution in [0.25, 0.3) is 6.08 Å². The molecule has 2 aliphatic rings. The number of fused-ring (bicyclic) bond motifs is 1. The smallest absolute Gasteiger partial charge is 0.294 e. The lowest BCUT2D eigenvalue weighted by molar-refractivity contribution is -0.384. The van der Waals surface area contributed by atoms with Crippen LogP contribution in [0.3, 0.4) is 0 Å². The van der Waals surface area contributed by atoms with Gasteiger partial charge in [-0.3, -0.25) is 14.9 Å². The zero-order chi connectivity index (χ0) is 18.1. The third-order valence-electron chi connectivity index (χ3n) is 3.96. The molecule has 2 aliphatic heterocycles. The number of aliphatic imine (C=N–C) groups is 1. The Morgan fingerprint density at radius 1 is 1.27 bits per heavy atom. The summed E-state index contributed by atoms with van der Waals surface area (Å²) >= 11 is 1.16. The summed E-state index contributed by atoms with van der Waals surface area (Å²) in [6.45, 7) is 0.678. The molecule has 0 unspecified atom stereocenters. The molecule has 0 aromatic heterocycles. The highest BCUT2D eigenvalue weighted by atomic mass is 32.2. The van der Waals surface area contributed by atoms with Crippen LogP contribution in [0, 0.1) is 10.1 Å². The maximum Gasteiger partial charge on any atom is 0.294 e. The molecule has 0 radical (unpaired) electrons. The van der Waals surface area contributed by atoms with Crippen molar-refractivity contribution in [3.63, 3.8) is 0 Å². The third-order valence-corrected chi connectivity index (χ3v) is 4.87. The quantitative estimate of drug-likeness (QED) is 0.510. The minimum Gasteiger partial charge on any atom is -0.493 e. The van der Waals surface area contributed by atoms with E-state index in [0.29, 0.717) is 16.7 Å². The Balaban J connectivity index is 1.60. The van der Waals surface area contributed by atoms with E-state index in [0.717, 1.165) is 35.1 Å². The summed E-state index contributed by atoms with van der Waals surface area (Å²) in [4.78, 5) is 27.5. The fraction of sp³-hybridized carbons (Fsp3) is 0.111. The van der Waals surface area contributed by atoms with Crippen LogP contribution in [0.5, 0.6) is 5.75 Å². The van der Waals surface area contributed by atoms with Gasteiger partial charge in [0.05, 0.1) is 16.4 Å². The van der Waals surface area contributed by atoms with E-state index in [2.05, 4.69) is 10.3 Å². The average Bonchev–Trinajstić information content (AvgIpc) is 3.21. The van der Waals surface area contributed by atoms with Gasteiger partial charge in [0.15, 0.2) is 5.17 Å². The first kappa shape index (κ1) is 16.3. The van der Waals surface area contributed by atoms with Crippen LogP contribution < -0.4 is 10.1 Å². The Kier molecular flexibility index (Phi) is 4.18. The van der Waals surface area contributed by atoms with Gasteiger partial charge in [0.25, 0.3) is 11.6 Å². The Hall–Kier alpha value is -3.13. The summed E-state index contributed by atoms with van der Waals surface area (Å²) in [6, 6.07) is 11.9. The number of hydrogen-bond acceptors (Lipinski definition) is 6. The Bertz CT molecular complexity index is 984. The van der Waals surface area contributed by atoms with E-state index in [4.69, 9.17) is 4.74 Å². The van der Waals surface area contributed by atoms with Gasteiger partial charge in [0, 0.05) is 12.5 Å². The molecule has 7 nitrogen and oxygen atoms in total. The highest BCUT2D eigenvalue weighted by molar-refractivity contribution is 8.18. The molecule has 4 rings (SSSR count). The lowest BCUT2D eigenvalue weighted by Crippen LogP contribution is -2.19. The topological polar surface area (TPSA) is 93.8 Å². The first-order chi connectivity index (χ1) is 12.6. The first-order valence-electron chi connectivity index (χ1n) is 7.89. The van der Waals surface area contributed by atoms with Crippen LogP contribution >= 0.6 is 11.8 Å². The number of nitro groups is 1. The van der Waals surface area contributed by atoms with Crippen molar-refractivity contribution in [2.45, 2.75) is 6.42 Å². The molecule has 1 fully saturated rings. The molecule has 130 valence electrons. The summed E-state index contributed by atoms with van der Waals surface area (Å²) in [5, 5.41) is 14.0. The van der Waals surface area contributed by atoms with Crippen molar-refractivity contribution < 1.29 is 14.5 Å². The molecule has 26 heavy (non-hydrogen) atoms. The van der Waals surface area contributed by atoms with E-state index in [1.807, 2.05) is 18.2 Å². The van der Waals surface area contributed by atoms with Crippen LogP contribution in [-0.2, 0) is 11.2 Å². The molecule has 1 saturated heterocycles. The summed E-state index contributed by atoms with van der Waals surface area (Å²) in [6.07, 6.45) is 2.64. The highest BCUT2D eigenvalue weighted by Crippen LogP contribution is 2.33. The molecule has 0 saturated carbocycles. The molecular formula is C18H13N3O4S. The van der Waals surface area contributed by atoms with Gasteiger partial charge in [-0.15, -0.1) is 0 Å². The van der Waals surface area contributed by atoms with Crippen LogP contribution in [0.2, 0.25) is 0 Å². The maximum atomic E-state index is 12.2. The number of ether oxygens (including phenoxy) is 1. The lowest BCUT2D eigenvalue weighted by Gasteiger charge is -2.00. The van der Waals surface area contributed by atoms with E-state index in [9.17, 15) is 14.9 Å². The van der Waals surface area contributed by atoms with Crippen molar-refractivity contribution in [1.29, 1.82) is 0 Å². The van der Waals surface area contributed by atoms with Crippen molar-refractivity contribution in [2.75, 3.05) is 6.61 Å². The van der Waals surface area contributed by atoms with Crippen LogP contribution in [0.15, 0.2) is 52.4 Å². The third kappa shape index (κ3) is 3.18. The molecule has 2 aromatic rings. The van der Waals surface area contributed by atoms with Gasteiger partial charge in [-0.1, -0.05) is 18.2 Å². The second kappa shape index (κ2) is 6.64. The van der Waals surface area contributed by atoms with Gasteiger partial charge < -0.3 is 10.1 Å². The summed E-state index contributed by atoms with van der Waals surface area (Å²) in [5.74, 6) is 0.610. The normalized spacial score (nSPS) is 18.7. The minimum atomic E-state index is -0.496. The largest absolute Gasteiger partial charge is 0.493 e. The number of nitro benzene ring substituents is 1. The number of nitrogens with zero attached hydrogens (tertiary/aromatic N) is 2. The van der Waals surface area contributed by atoms with Gasteiger partial charge in [-0.2, -0.15) is 0 Å². The number of para-hydroxylation sites is 2. The van der Waals surface area contributed by atoms with Gasteiger partial charge in [-0.25, -0.2) is 4.99 Å². The molecule has 0 aliphatic carbocycles. The number of hydrogen-bond donors (Lipinski definition) is 1. The maximum absolute atomic E-state index is 12.2. The monoisotopic (exact) mass is 367 g/mol. The minimum absolute atomic E-state index is 0.106. The van der Waals surface area contributed by atoms with Gasteiger partial charge >= 0.3 is 0 Å². The summed E-state index contributed by atoms with van der Waals surface area (Å²) in [5.41, 5.74) is 2.12. The predicted octanol–water partition coefficient (Wildman–Crippen LogP) is 3.42. The Labute approximate surface area is 152 Å². The van der Waals surface area contributed by atoms with Crippen LogP contribution in [0.1, 0.15) is 11.1 Å². The highest BCUT2D eigenvalue weighted by Gasteiger charge is 2.25. The molecule has 2 aromatic carbocycles.